The van der Waals surface area contributed by atoms with E-state index in [1.807, 2.05) is 0 Å². The summed E-state index contributed by atoms with van der Waals surface area (Å²) < 4.78 is 54.5. The van der Waals surface area contributed by atoms with Gasteiger partial charge in [-0.2, -0.15) is 0 Å². The van der Waals surface area contributed by atoms with Crippen molar-refractivity contribution < 1.29 is 118 Å². The predicted molar refractivity (Wildman–Crippen MR) is 213 cm³/mol. The van der Waals surface area contributed by atoms with Crippen molar-refractivity contribution in [1.29, 1.82) is 0 Å². The summed E-state index contributed by atoms with van der Waals surface area (Å²) in [5, 5.41) is 101. The lowest BCUT2D eigenvalue weighted by Crippen LogP contribution is -2.60. The molecule has 0 spiro atoms. The van der Waals surface area contributed by atoms with E-state index in [0.717, 1.165) is 38.4 Å². The highest BCUT2D eigenvalue weighted by atomic mass is 16.8. The van der Waals surface area contributed by atoms with Gasteiger partial charge in [-0.25, -0.2) is 9.59 Å². The van der Waals surface area contributed by atoms with Crippen LogP contribution in [0.1, 0.15) is 18.4 Å². The molecule has 0 aromatic heterocycles. The first-order valence-electron chi connectivity index (χ1n) is 20.5. The number of aliphatic hydroxyl groups excluding tert-OH is 9. The van der Waals surface area contributed by atoms with E-state index in [1.54, 1.807) is 12.1 Å². The van der Waals surface area contributed by atoms with Crippen molar-refractivity contribution in [1.82, 2.24) is 0 Å². The van der Waals surface area contributed by atoms with Gasteiger partial charge in [0, 0.05) is 29.4 Å². The summed E-state index contributed by atoms with van der Waals surface area (Å²) in [6.07, 6.45) is -17.5. The highest BCUT2D eigenvalue weighted by Gasteiger charge is 2.49. The quantitative estimate of drug-likeness (QED) is 0.0385. The second-order valence-electron chi connectivity index (χ2n) is 15.2. The fourth-order valence-electron chi connectivity index (χ4n) is 7.39. The molecule has 10 N–H and O–H groups in total. The summed E-state index contributed by atoms with van der Waals surface area (Å²) in [6, 6.07) is 6.15. The maximum absolute atomic E-state index is 13.7. The predicted octanol–water partition coefficient (Wildman–Crippen LogP) is -3.66. The Morgan fingerprint density at radius 1 is 0.621 bits per heavy atom. The second-order valence-corrected chi connectivity index (χ2v) is 15.2. The first-order valence-corrected chi connectivity index (χ1v) is 20.5. The van der Waals surface area contributed by atoms with Crippen molar-refractivity contribution in [2.75, 3.05) is 47.3 Å². The number of ether oxygens (including phenoxy) is 10. The molecule has 1 aromatic rings. The van der Waals surface area contributed by atoms with Crippen LogP contribution in [0.15, 0.2) is 71.2 Å². The third-order valence-electron chi connectivity index (χ3n) is 11.0. The number of benzene rings is 1. The standard InChI is InChI=1S/C42H54O24/c1-57-37(55)25-17-61-39(65-41-35(53)33(51)31(49)27(15-44)63-41)21(7-10-43)23(25)13-30(48)60-12-9-22-24(14-29(47)59-11-8-19-3-5-20(46)6-4-19)26(38(56)58-2)18-62-40(22)66-42-36(54)34(52)32(50)28(16-45)64-42/h3-7,9,17-18,23-24,27-28,31-36,39-46,49-54H,8,10-16H2,1-2H3/b21-7+,22-9?/t23-,24-,27+,28+,31+,32+,33-,34-,35+,36+,39-,40-,41-,42-/m0/s1. The minimum absolute atomic E-state index is 0.0332. The first-order chi connectivity index (χ1) is 31.6. The van der Waals surface area contributed by atoms with Crippen LogP contribution < -0.4 is 0 Å². The smallest absolute Gasteiger partial charge is 0.337 e. The average Bonchev–Trinajstić information content (AvgIpc) is 3.31. The van der Waals surface area contributed by atoms with Crippen LogP contribution in [0.25, 0.3) is 0 Å². The maximum atomic E-state index is 13.7. The van der Waals surface area contributed by atoms with Crippen molar-refractivity contribution in [2.45, 2.75) is 93.3 Å². The number of carbonyl (C=O) groups excluding carboxylic acids is 4. The Balaban J connectivity index is 1.40. The van der Waals surface area contributed by atoms with E-state index in [0.29, 0.717) is 0 Å². The molecular formula is C42H54O24. The molecule has 66 heavy (non-hydrogen) atoms. The van der Waals surface area contributed by atoms with E-state index in [1.165, 1.54) is 18.2 Å². The largest absolute Gasteiger partial charge is 0.508 e. The third-order valence-corrected chi connectivity index (χ3v) is 11.0. The topological polar surface area (TPSA) is 363 Å². The van der Waals surface area contributed by atoms with Gasteiger partial charge in [-0.15, -0.1) is 0 Å². The Morgan fingerprint density at radius 2 is 1.08 bits per heavy atom. The van der Waals surface area contributed by atoms with Gasteiger partial charge in [-0.05, 0) is 23.8 Å². The molecule has 2 saturated heterocycles. The van der Waals surface area contributed by atoms with Crippen molar-refractivity contribution in [3.8, 4) is 5.75 Å². The van der Waals surface area contributed by atoms with Gasteiger partial charge in [0.05, 0.1) is 77.2 Å². The monoisotopic (exact) mass is 942 g/mol. The molecule has 14 atom stereocenters. The fourth-order valence-corrected chi connectivity index (χ4v) is 7.39. The Kier molecular flexibility index (Phi) is 19.0. The molecule has 0 bridgehead atoms. The van der Waals surface area contributed by atoms with Crippen LogP contribution in [0, 0.1) is 11.8 Å². The van der Waals surface area contributed by atoms with Gasteiger partial charge in [0.25, 0.3) is 0 Å². The number of methoxy groups -OCH3 is 2. The Labute approximate surface area is 376 Å². The highest BCUT2D eigenvalue weighted by molar-refractivity contribution is 5.91. The molecule has 0 unspecified atom stereocenters. The normalized spacial score (nSPS) is 33.4. The molecule has 0 saturated carbocycles. The number of phenols is 1. The van der Waals surface area contributed by atoms with Gasteiger partial charge in [0.2, 0.25) is 12.6 Å². The van der Waals surface area contributed by atoms with Gasteiger partial charge in [0.15, 0.2) is 12.6 Å². The van der Waals surface area contributed by atoms with Crippen LogP contribution in [0.2, 0.25) is 0 Å². The SMILES string of the molecule is COC(=O)C1=CO[C@@H](O[C@@H]2O[C@H](CO)[C@@H](O)[C@H](O)[C@H]2O)C(=CCOC(=O)C[C@@H]2C(C(=O)OC)=CO[C@@H](O[C@@H]3O[C@H](CO)[C@@H](O)[C@H](O)[C@H]3O)/C2=C/CO)[C@@H]1CC(=O)OCCc1ccc(O)cc1. The van der Waals surface area contributed by atoms with E-state index in [9.17, 15) is 70.2 Å². The lowest BCUT2D eigenvalue weighted by atomic mass is 9.86. The molecule has 0 amide bonds. The molecule has 5 rings (SSSR count). The van der Waals surface area contributed by atoms with Gasteiger partial charge >= 0.3 is 23.9 Å². The van der Waals surface area contributed by atoms with Crippen LogP contribution in [0.4, 0.5) is 0 Å². The average molecular weight is 943 g/mol. The number of hydrogen-bond acceptors (Lipinski definition) is 24. The van der Waals surface area contributed by atoms with Crippen LogP contribution in [-0.4, -0.2) is 196 Å². The van der Waals surface area contributed by atoms with Crippen LogP contribution >= 0.6 is 0 Å². The molecule has 0 aliphatic carbocycles. The molecule has 4 heterocycles. The summed E-state index contributed by atoms with van der Waals surface area (Å²) in [7, 11) is 2.11. The number of phenolic OH excluding ortho intramolecular Hbond substituents is 1. The van der Waals surface area contributed by atoms with Gasteiger partial charge < -0.3 is 98.4 Å². The Hall–Kier alpha value is -5.06. The van der Waals surface area contributed by atoms with Gasteiger partial charge in [-0.1, -0.05) is 18.2 Å². The molecule has 4 aliphatic rings. The minimum atomic E-state index is -1.93. The van der Waals surface area contributed by atoms with E-state index in [-0.39, 0.29) is 41.1 Å². The van der Waals surface area contributed by atoms with Gasteiger partial charge in [-0.3, -0.25) is 9.59 Å². The zero-order valence-electron chi connectivity index (χ0n) is 35.5. The lowest BCUT2D eigenvalue weighted by Gasteiger charge is -2.42. The number of aromatic hydroxyl groups is 1. The number of carbonyl (C=O) groups is 4. The summed E-state index contributed by atoms with van der Waals surface area (Å²) >= 11 is 0. The summed E-state index contributed by atoms with van der Waals surface area (Å²) in [6.45, 7) is -3.09. The number of aliphatic hydroxyl groups is 9. The zero-order valence-corrected chi connectivity index (χ0v) is 35.5. The molecule has 4 aliphatic heterocycles. The van der Waals surface area contributed by atoms with E-state index >= 15 is 0 Å². The number of hydrogen-bond donors (Lipinski definition) is 10. The number of esters is 4. The fraction of sp³-hybridized carbons (Fsp3) is 0.571. The van der Waals surface area contributed by atoms with E-state index in [2.05, 4.69) is 0 Å². The lowest BCUT2D eigenvalue weighted by molar-refractivity contribution is -0.328. The summed E-state index contributed by atoms with van der Waals surface area (Å²) in [5.74, 6) is -6.38. The van der Waals surface area contributed by atoms with Crippen molar-refractivity contribution in [3.05, 3.63) is 76.8 Å². The summed E-state index contributed by atoms with van der Waals surface area (Å²) in [4.78, 5) is 53.0. The Bertz CT molecular complexity index is 1940. The van der Waals surface area contributed by atoms with E-state index < -0.39 is 149 Å². The number of rotatable bonds is 18. The van der Waals surface area contributed by atoms with Gasteiger partial charge in [0.1, 0.15) is 61.2 Å². The molecule has 0 radical (unpaired) electrons. The third kappa shape index (κ3) is 12.5. The molecular weight excluding hydrogens is 888 g/mol. The van der Waals surface area contributed by atoms with Crippen LogP contribution in [0.5, 0.6) is 5.75 Å². The van der Waals surface area contributed by atoms with Crippen LogP contribution in [-0.2, 0) is 73.0 Å². The molecule has 366 valence electrons. The zero-order chi connectivity index (χ0) is 48.2. The van der Waals surface area contributed by atoms with Crippen LogP contribution in [0.3, 0.4) is 0 Å². The van der Waals surface area contributed by atoms with Crippen molar-refractivity contribution in [2.24, 2.45) is 11.8 Å². The summed E-state index contributed by atoms with van der Waals surface area (Å²) in [5.41, 5.74) is 0.0413. The molecule has 24 heteroatoms. The second kappa shape index (κ2) is 24.1. The highest BCUT2D eigenvalue weighted by Crippen LogP contribution is 2.38. The Morgan fingerprint density at radius 3 is 1.52 bits per heavy atom. The van der Waals surface area contributed by atoms with Crippen molar-refractivity contribution >= 4 is 23.9 Å². The van der Waals surface area contributed by atoms with Crippen molar-refractivity contribution in [3.63, 3.8) is 0 Å². The molecule has 24 nitrogen and oxygen atoms in total. The maximum Gasteiger partial charge on any atom is 0.337 e. The van der Waals surface area contributed by atoms with E-state index in [4.69, 9.17) is 47.4 Å². The minimum Gasteiger partial charge on any atom is -0.508 e. The molecule has 1 aromatic carbocycles. The molecule has 2 fully saturated rings. The first kappa shape index (κ1) is 51.9.